The minimum absolute atomic E-state index is 0.0983. The molecule has 0 spiro atoms. The van der Waals surface area contributed by atoms with Crippen molar-refractivity contribution < 1.29 is 14.7 Å². The smallest absolute Gasteiger partial charge is 0.237 e. The quantitative estimate of drug-likeness (QED) is 0.519. The van der Waals surface area contributed by atoms with E-state index in [0.717, 1.165) is 12.2 Å². The third-order valence-corrected chi connectivity index (χ3v) is 5.60. The summed E-state index contributed by atoms with van der Waals surface area (Å²) in [5, 5.41) is 16.5. The molecule has 21 heavy (non-hydrogen) atoms. The zero-order valence-corrected chi connectivity index (χ0v) is 13.2. The standard InChI is InChI=1S/C13H24N4O3S/c1-7(15-2)12(19)16-8-5-6-21-10-4-3-9(11(14)18)17(10)13(8)20/h7-10,13,15,20H,3-6H2,1-2H3,(H2,14,18)(H,16,19). The largest absolute Gasteiger partial charge is 0.376 e. The number of rotatable bonds is 4. The van der Waals surface area contributed by atoms with Gasteiger partial charge < -0.3 is 21.5 Å². The van der Waals surface area contributed by atoms with Gasteiger partial charge in [-0.05, 0) is 39.0 Å². The van der Waals surface area contributed by atoms with Crippen LogP contribution in [0.2, 0.25) is 0 Å². The molecule has 0 aromatic carbocycles. The van der Waals surface area contributed by atoms with Crippen LogP contribution in [0, 0.1) is 0 Å². The molecule has 7 nitrogen and oxygen atoms in total. The van der Waals surface area contributed by atoms with Gasteiger partial charge in [-0.3, -0.25) is 14.5 Å². The summed E-state index contributed by atoms with van der Waals surface area (Å²) in [6, 6.07) is -1.16. The maximum absolute atomic E-state index is 12.0. The maximum Gasteiger partial charge on any atom is 0.237 e. The van der Waals surface area contributed by atoms with Gasteiger partial charge in [-0.25, -0.2) is 0 Å². The van der Waals surface area contributed by atoms with Crippen molar-refractivity contribution in [2.24, 2.45) is 5.73 Å². The molecule has 120 valence electrons. The molecule has 2 heterocycles. The Morgan fingerprint density at radius 3 is 2.71 bits per heavy atom. The Bertz CT molecular complexity index is 409. The number of aliphatic hydroxyl groups is 1. The van der Waals surface area contributed by atoms with Crippen LogP contribution in [-0.2, 0) is 9.59 Å². The second-order valence-corrected chi connectivity index (χ2v) is 6.88. The van der Waals surface area contributed by atoms with Gasteiger partial charge in [-0.15, -0.1) is 11.8 Å². The predicted molar refractivity (Wildman–Crippen MR) is 81.4 cm³/mol. The Morgan fingerprint density at radius 2 is 2.10 bits per heavy atom. The van der Waals surface area contributed by atoms with Gasteiger partial charge in [0.15, 0.2) is 0 Å². The van der Waals surface area contributed by atoms with Crippen LogP contribution in [0.15, 0.2) is 0 Å². The van der Waals surface area contributed by atoms with Crippen molar-refractivity contribution in [1.82, 2.24) is 15.5 Å². The Balaban J connectivity index is 2.10. The van der Waals surface area contributed by atoms with E-state index in [1.807, 2.05) is 0 Å². The number of hydrogen-bond donors (Lipinski definition) is 4. The van der Waals surface area contributed by atoms with Crippen LogP contribution in [0.4, 0.5) is 0 Å². The van der Waals surface area contributed by atoms with Crippen LogP contribution in [0.5, 0.6) is 0 Å². The zero-order valence-electron chi connectivity index (χ0n) is 12.4. The summed E-state index contributed by atoms with van der Waals surface area (Å²) in [6.07, 6.45) is 1.30. The highest BCUT2D eigenvalue weighted by molar-refractivity contribution is 7.99. The summed E-state index contributed by atoms with van der Waals surface area (Å²) in [4.78, 5) is 25.3. The molecule has 2 rings (SSSR count). The number of hydrogen-bond acceptors (Lipinski definition) is 6. The number of nitrogens with one attached hydrogen (secondary N) is 2. The van der Waals surface area contributed by atoms with E-state index in [4.69, 9.17) is 5.73 Å². The number of aliphatic hydroxyl groups excluding tert-OH is 1. The average molecular weight is 316 g/mol. The van der Waals surface area contributed by atoms with Gasteiger partial charge in [0, 0.05) is 0 Å². The number of carbonyl (C=O) groups is 2. The molecule has 8 heteroatoms. The number of nitrogens with two attached hydrogens (primary N) is 1. The first-order valence-corrected chi connectivity index (χ1v) is 8.34. The third-order valence-electron chi connectivity index (χ3n) is 4.27. The first kappa shape index (κ1) is 16.5. The van der Waals surface area contributed by atoms with Crippen LogP contribution in [0.25, 0.3) is 0 Å². The number of nitrogens with zero attached hydrogens (tertiary/aromatic N) is 1. The maximum atomic E-state index is 12.0. The van der Waals surface area contributed by atoms with Gasteiger partial charge in [0.05, 0.1) is 23.5 Å². The van der Waals surface area contributed by atoms with Crippen molar-refractivity contribution in [3.63, 3.8) is 0 Å². The van der Waals surface area contributed by atoms with Gasteiger partial charge in [0.1, 0.15) is 6.23 Å². The van der Waals surface area contributed by atoms with Crippen molar-refractivity contribution in [2.45, 2.75) is 55.9 Å². The summed E-state index contributed by atoms with van der Waals surface area (Å²) in [5.41, 5.74) is 5.44. The lowest BCUT2D eigenvalue weighted by molar-refractivity contribution is -0.130. The molecule has 0 aromatic rings. The van der Waals surface area contributed by atoms with Crippen LogP contribution in [-0.4, -0.2) is 64.3 Å². The number of carbonyl (C=O) groups excluding carboxylic acids is 2. The molecule has 2 amide bonds. The fourth-order valence-corrected chi connectivity index (χ4v) is 4.29. The molecule has 5 unspecified atom stereocenters. The van der Waals surface area contributed by atoms with E-state index >= 15 is 0 Å². The fraction of sp³-hybridized carbons (Fsp3) is 0.846. The van der Waals surface area contributed by atoms with E-state index in [9.17, 15) is 14.7 Å². The summed E-state index contributed by atoms with van der Waals surface area (Å²) in [7, 11) is 1.71. The Hall–Kier alpha value is -0.830. The van der Waals surface area contributed by atoms with Crippen LogP contribution < -0.4 is 16.4 Å². The van der Waals surface area contributed by atoms with E-state index < -0.39 is 18.2 Å². The SMILES string of the molecule is CNC(C)C(=O)NC1CCSC2CCC(C(N)=O)N2C1O. The van der Waals surface area contributed by atoms with Crippen molar-refractivity contribution in [3.8, 4) is 0 Å². The molecule has 2 saturated heterocycles. The van der Waals surface area contributed by atoms with E-state index in [2.05, 4.69) is 10.6 Å². The first-order chi connectivity index (χ1) is 9.95. The summed E-state index contributed by atoms with van der Waals surface area (Å²) in [5.74, 6) is 0.273. The number of likely N-dealkylation sites (N-methyl/N-ethyl adjacent to an activating group) is 1. The second kappa shape index (κ2) is 6.95. The minimum atomic E-state index is -0.877. The molecule has 0 aromatic heterocycles. The highest BCUT2D eigenvalue weighted by Crippen LogP contribution is 2.37. The second-order valence-electron chi connectivity index (χ2n) is 5.60. The van der Waals surface area contributed by atoms with Crippen molar-refractivity contribution >= 4 is 23.6 Å². The van der Waals surface area contributed by atoms with Crippen molar-refractivity contribution in [2.75, 3.05) is 12.8 Å². The molecule has 0 saturated carbocycles. The molecule has 5 atom stereocenters. The van der Waals surface area contributed by atoms with Crippen molar-refractivity contribution in [1.29, 1.82) is 0 Å². The van der Waals surface area contributed by atoms with E-state index in [-0.39, 0.29) is 23.4 Å². The Morgan fingerprint density at radius 1 is 1.38 bits per heavy atom. The van der Waals surface area contributed by atoms with Gasteiger partial charge in [-0.2, -0.15) is 0 Å². The Labute approximate surface area is 129 Å². The van der Waals surface area contributed by atoms with E-state index in [0.29, 0.717) is 12.8 Å². The van der Waals surface area contributed by atoms with Gasteiger partial charge in [0.25, 0.3) is 0 Å². The normalized spacial score (nSPS) is 34.8. The summed E-state index contributed by atoms with van der Waals surface area (Å²) < 4.78 is 0. The van der Waals surface area contributed by atoms with E-state index in [1.54, 1.807) is 30.6 Å². The van der Waals surface area contributed by atoms with Crippen LogP contribution >= 0.6 is 11.8 Å². The molecule has 0 radical (unpaired) electrons. The molecule has 2 aliphatic heterocycles. The average Bonchev–Trinajstić information content (AvgIpc) is 2.82. The van der Waals surface area contributed by atoms with Crippen LogP contribution in [0.3, 0.4) is 0 Å². The summed E-state index contributed by atoms with van der Waals surface area (Å²) in [6.45, 7) is 1.76. The molecule has 2 fully saturated rings. The molecule has 0 aliphatic carbocycles. The monoisotopic (exact) mass is 316 g/mol. The number of amides is 2. The highest BCUT2D eigenvalue weighted by Gasteiger charge is 2.45. The molecule has 0 bridgehead atoms. The summed E-state index contributed by atoms with van der Waals surface area (Å²) >= 11 is 1.72. The lowest BCUT2D eigenvalue weighted by Crippen LogP contribution is -2.58. The number of primary amides is 1. The number of fused-ring (bicyclic) bond motifs is 1. The Kier molecular flexibility index (Phi) is 5.48. The molecule has 5 N–H and O–H groups in total. The van der Waals surface area contributed by atoms with Crippen molar-refractivity contribution in [3.05, 3.63) is 0 Å². The third kappa shape index (κ3) is 3.50. The minimum Gasteiger partial charge on any atom is -0.376 e. The predicted octanol–water partition coefficient (Wildman–Crippen LogP) is -1.19. The van der Waals surface area contributed by atoms with Gasteiger partial charge in [0.2, 0.25) is 11.8 Å². The molecule has 2 aliphatic rings. The lowest BCUT2D eigenvalue weighted by Gasteiger charge is -2.34. The van der Waals surface area contributed by atoms with Gasteiger partial charge in [-0.1, -0.05) is 0 Å². The van der Waals surface area contributed by atoms with Gasteiger partial charge >= 0.3 is 0 Å². The number of thioether (sulfide) groups is 1. The zero-order chi connectivity index (χ0) is 15.6. The van der Waals surface area contributed by atoms with Crippen LogP contribution in [0.1, 0.15) is 26.2 Å². The lowest BCUT2D eigenvalue weighted by atomic mass is 10.1. The first-order valence-electron chi connectivity index (χ1n) is 7.29. The highest BCUT2D eigenvalue weighted by atomic mass is 32.2. The van der Waals surface area contributed by atoms with E-state index in [1.165, 1.54) is 0 Å². The molecular formula is C13H24N4O3S. The topological polar surface area (TPSA) is 108 Å². The fourth-order valence-electron chi connectivity index (χ4n) is 2.89. The molecular weight excluding hydrogens is 292 g/mol.